The molecule has 3 heterocycles. The highest BCUT2D eigenvalue weighted by atomic mass is 32.1. The van der Waals surface area contributed by atoms with Crippen molar-refractivity contribution in [2.24, 2.45) is 0 Å². The fourth-order valence-corrected chi connectivity index (χ4v) is 3.10. The summed E-state index contributed by atoms with van der Waals surface area (Å²) in [5, 5.41) is 21.1. The van der Waals surface area contributed by atoms with Crippen molar-refractivity contribution < 1.29 is 10.2 Å². The van der Waals surface area contributed by atoms with Crippen molar-refractivity contribution in [2.45, 2.75) is 25.6 Å². The van der Waals surface area contributed by atoms with E-state index in [9.17, 15) is 10.2 Å². The maximum absolute atomic E-state index is 9.69. The minimum Gasteiger partial charge on any atom is -0.391 e. The molecule has 0 saturated carbocycles. The molecule has 3 rings (SSSR count). The van der Waals surface area contributed by atoms with E-state index in [0.717, 1.165) is 35.9 Å². The van der Waals surface area contributed by atoms with Gasteiger partial charge in [-0.05, 0) is 12.8 Å². The summed E-state index contributed by atoms with van der Waals surface area (Å²) in [6, 6.07) is 0. The predicted molar refractivity (Wildman–Crippen MR) is 66.4 cm³/mol. The molecule has 1 aliphatic heterocycles. The standard InChI is InChI=1S/C11H15N3O2S/c15-7-9-10(12-11-14(9)4-5-17-11)13-3-1-2-8(16)6-13/h4-5,8,15-16H,1-3,6-7H2. The molecule has 2 N–H and O–H groups in total. The van der Waals surface area contributed by atoms with E-state index in [-0.39, 0.29) is 12.7 Å². The van der Waals surface area contributed by atoms with E-state index >= 15 is 0 Å². The monoisotopic (exact) mass is 253 g/mol. The highest BCUT2D eigenvalue weighted by molar-refractivity contribution is 7.15. The van der Waals surface area contributed by atoms with E-state index in [0.29, 0.717) is 6.54 Å². The Labute approximate surface area is 103 Å². The summed E-state index contributed by atoms with van der Waals surface area (Å²) < 4.78 is 1.92. The fourth-order valence-electron chi connectivity index (χ4n) is 2.37. The first-order valence-electron chi connectivity index (χ1n) is 5.78. The summed E-state index contributed by atoms with van der Waals surface area (Å²) in [5.74, 6) is 0.818. The van der Waals surface area contributed by atoms with Gasteiger partial charge >= 0.3 is 0 Å². The molecule has 92 valence electrons. The second-order valence-corrected chi connectivity index (χ2v) is 5.21. The van der Waals surface area contributed by atoms with Crippen LogP contribution in [0.15, 0.2) is 11.6 Å². The zero-order valence-electron chi connectivity index (χ0n) is 9.41. The van der Waals surface area contributed by atoms with Gasteiger partial charge in [-0.3, -0.25) is 4.40 Å². The summed E-state index contributed by atoms with van der Waals surface area (Å²) in [5.41, 5.74) is 0.815. The predicted octanol–water partition coefficient (Wildman–Crippen LogP) is 0.849. The molecule has 2 aromatic heterocycles. The van der Waals surface area contributed by atoms with Gasteiger partial charge in [0.1, 0.15) is 0 Å². The molecule has 5 nitrogen and oxygen atoms in total. The number of rotatable bonds is 2. The van der Waals surface area contributed by atoms with E-state index in [1.54, 1.807) is 11.3 Å². The van der Waals surface area contributed by atoms with Crippen molar-refractivity contribution in [1.29, 1.82) is 0 Å². The Morgan fingerprint density at radius 3 is 3.18 bits per heavy atom. The van der Waals surface area contributed by atoms with Gasteiger partial charge in [-0.2, -0.15) is 0 Å². The third kappa shape index (κ3) is 1.82. The second kappa shape index (κ2) is 4.29. The minimum absolute atomic E-state index is 0.0279. The lowest BCUT2D eigenvalue weighted by Crippen LogP contribution is -2.39. The van der Waals surface area contributed by atoms with E-state index < -0.39 is 0 Å². The van der Waals surface area contributed by atoms with Crippen molar-refractivity contribution >= 4 is 22.1 Å². The van der Waals surface area contributed by atoms with Crippen LogP contribution in [0.25, 0.3) is 4.96 Å². The number of fused-ring (bicyclic) bond motifs is 1. The highest BCUT2D eigenvalue weighted by Crippen LogP contribution is 2.27. The summed E-state index contributed by atoms with van der Waals surface area (Å²) in [7, 11) is 0. The normalized spacial score (nSPS) is 21.3. The van der Waals surface area contributed by atoms with Crippen LogP contribution in [0.1, 0.15) is 18.5 Å². The Morgan fingerprint density at radius 2 is 2.41 bits per heavy atom. The molecule has 1 unspecified atom stereocenters. The van der Waals surface area contributed by atoms with Gasteiger partial charge < -0.3 is 15.1 Å². The summed E-state index contributed by atoms with van der Waals surface area (Å²) in [6.45, 7) is 1.48. The molecular formula is C11H15N3O2S. The average Bonchev–Trinajstić information content (AvgIpc) is 2.88. The van der Waals surface area contributed by atoms with Gasteiger partial charge in [0.15, 0.2) is 10.8 Å². The van der Waals surface area contributed by atoms with E-state index in [2.05, 4.69) is 9.88 Å². The van der Waals surface area contributed by atoms with Crippen molar-refractivity contribution in [1.82, 2.24) is 9.38 Å². The summed E-state index contributed by atoms with van der Waals surface area (Å²) in [4.78, 5) is 7.50. The number of nitrogens with zero attached hydrogens (tertiary/aromatic N) is 3. The molecule has 1 fully saturated rings. The first-order valence-corrected chi connectivity index (χ1v) is 6.66. The van der Waals surface area contributed by atoms with Gasteiger partial charge in [-0.15, -0.1) is 11.3 Å². The average molecular weight is 253 g/mol. The zero-order chi connectivity index (χ0) is 11.8. The molecule has 17 heavy (non-hydrogen) atoms. The van der Waals surface area contributed by atoms with Crippen LogP contribution in [-0.2, 0) is 6.61 Å². The largest absolute Gasteiger partial charge is 0.391 e. The Morgan fingerprint density at radius 1 is 1.53 bits per heavy atom. The number of hydrogen-bond donors (Lipinski definition) is 2. The molecule has 0 aliphatic carbocycles. The number of thiazole rings is 1. The van der Waals surface area contributed by atoms with E-state index in [4.69, 9.17) is 0 Å². The van der Waals surface area contributed by atoms with Crippen molar-refractivity contribution in [3.05, 3.63) is 17.3 Å². The van der Waals surface area contributed by atoms with Gasteiger partial charge in [-0.25, -0.2) is 4.98 Å². The molecule has 1 atom stereocenters. The van der Waals surface area contributed by atoms with Gasteiger partial charge in [0, 0.05) is 24.7 Å². The SMILES string of the molecule is OCc1c(N2CCCC(O)C2)nc2sccn12. The minimum atomic E-state index is -0.282. The lowest BCUT2D eigenvalue weighted by atomic mass is 10.1. The van der Waals surface area contributed by atoms with Crippen LogP contribution in [0.4, 0.5) is 5.82 Å². The number of aromatic nitrogens is 2. The van der Waals surface area contributed by atoms with E-state index in [1.165, 1.54) is 0 Å². The van der Waals surface area contributed by atoms with Crippen molar-refractivity contribution in [2.75, 3.05) is 18.0 Å². The molecule has 1 saturated heterocycles. The third-order valence-electron chi connectivity index (χ3n) is 3.19. The summed E-state index contributed by atoms with van der Waals surface area (Å²) in [6.07, 6.45) is 3.46. The Kier molecular flexibility index (Phi) is 2.78. The first-order chi connectivity index (χ1) is 8.29. The number of β-amino-alcohol motifs (C(OH)–C–C–N with tert-alkyl or cyclic N) is 1. The molecule has 0 bridgehead atoms. The van der Waals surface area contributed by atoms with Gasteiger partial charge in [-0.1, -0.05) is 0 Å². The topological polar surface area (TPSA) is 61.0 Å². The second-order valence-electron chi connectivity index (χ2n) is 4.34. The number of aliphatic hydroxyl groups excluding tert-OH is 2. The molecule has 0 spiro atoms. The quantitative estimate of drug-likeness (QED) is 0.833. The first kappa shape index (κ1) is 11.0. The highest BCUT2D eigenvalue weighted by Gasteiger charge is 2.23. The number of piperidine rings is 1. The molecule has 6 heteroatoms. The number of imidazole rings is 1. The fraction of sp³-hybridized carbons (Fsp3) is 0.545. The Balaban J connectivity index is 2.00. The van der Waals surface area contributed by atoms with Crippen LogP contribution in [0.3, 0.4) is 0 Å². The van der Waals surface area contributed by atoms with Crippen LogP contribution in [0, 0.1) is 0 Å². The maximum atomic E-state index is 9.69. The zero-order valence-corrected chi connectivity index (χ0v) is 10.2. The van der Waals surface area contributed by atoms with Crippen LogP contribution in [-0.4, -0.2) is 38.8 Å². The van der Waals surface area contributed by atoms with Gasteiger partial charge in [0.25, 0.3) is 0 Å². The summed E-state index contributed by atoms with van der Waals surface area (Å²) >= 11 is 1.55. The molecule has 2 aromatic rings. The number of hydrogen-bond acceptors (Lipinski definition) is 5. The van der Waals surface area contributed by atoms with Crippen LogP contribution >= 0.6 is 11.3 Å². The van der Waals surface area contributed by atoms with Gasteiger partial charge in [0.05, 0.1) is 18.4 Å². The number of anilines is 1. The van der Waals surface area contributed by atoms with Crippen LogP contribution in [0.5, 0.6) is 0 Å². The van der Waals surface area contributed by atoms with Crippen LogP contribution in [0.2, 0.25) is 0 Å². The third-order valence-corrected chi connectivity index (χ3v) is 3.94. The number of aliphatic hydroxyl groups is 2. The molecule has 1 aliphatic rings. The van der Waals surface area contributed by atoms with Crippen LogP contribution < -0.4 is 4.90 Å². The molecular weight excluding hydrogens is 238 g/mol. The van der Waals surface area contributed by atoms with E-state index in [1.807, 2.05) is 16.0 Å². The van der Waals surface area contributed by atoms with Gasteiger partial charge in [0.2, 0.25) is 0 Å². The van der Waals surface area contributed by atoms with Crippen molar-refractivity contribution in [3.8, 4) is 0 Å². The maximum Gasteiger partial charge on any atom is 0.195 e. The molecule has 0 aromatic carbocycles. The molecule has 0 radical (unpaired) electrons. The van der Waals surface area contributed by atoms with Crippen molar-refractivity contribution in [3.63, 3.8) is 0 Å². The Bertz CT molecular complexity index is 522. The lowest BCUT2D eigenvalue weighted by Gasteiger charge is -2.30. The molecule has 0 amide bonds. The Hall–Kier alpha value is -1.11. The smallest absolute Gasteiger partial charge is 0.195 e. The lowest BCUT2D eigenvalue weighted by molar-refractivity contribution is 0.153.